The lowest BCUT2D eigenvalue weighted by atomic mass is 10.3. The molecule has 0 aliphatic heterocycles. The first kappa shape index (κ1) is 10.2. The second-order valence-corrected chi connectivity index (χ2v) is 3.06. The van der Waals surface area contributed by atoms with Gasteiger partial charge in [-0.1, -0.05) is 6.07 Å². The Bertz CT molecular complexity index is 440. The van der Waals surface area contributed by atoms with E-state index in [9.17, 15) is 4.79 Å². The summed E-state index contributed by atoms with van der Waals surface area (Å²) in [6.45, 7) is 0.490. The van der Waals surface area contributed by atoms with Crippen LogP contribution in [0.15, 0.2) is 24.4 Å². The molecule has 0 bridgehead atoms. The fourth-order valence-corrected chi connectivity index (χ4v) is 1.19. The van der Waals surface area contributed by atoms with Crippen LogP contribution in [0.2, 0.25) is 0 Å². The Morgan fingerprint density at radius 3 is 3.06 bits per heavy atom. The van der Waals surface area contributed by atoms with Crippen LogP contribution in [-0.2, 0) is 6.42 Å². The van der Waals surface area contributed by atoms with Crippen molar-refractivity contribution in [1.29, 1.82) is 0 Å². The third-order valence-corrected chi connectivity index (χ3v) is 1.94. The van der Waals surface area contributed by atoms with Crippen LogP contribution in [0.3, 0.4) is 0 Å². The van der Waals surface area contributed by atoms with Crippen molar-refractivity contribution in [3.8, 4) is 0 Å². The van der Waals surface area contributed by atoms with E-state index < -0.39 is 0 Å². The van der Waals surface area contributed by atoms with E-state index in [-0.39, 0.29) is 11.7 Å². The zero-order valence-corrected chi connectivity index (χ0v) is 8.42. The van der Waals surface area contributed by atoms with Crippen LogP contribution in [0.25, 0.3) is 0 Å². The topological polar surface area (TPSA) is 96.5 Å². The number of hydrogen-bond acceptors (Lipinski definition) is 5. The number of nitrogens with zero attached hydrogens (tertiary/aromatic N) is 4. The number of aromatic amines is 1. The van der Waals surface area contributed by atoms with Crippen molar-refractivity contribution in [2.45, 2.75) is 6.42 Å². The van der Waals surface area contributed by atoms with E-state index in [0.717, 1.165) is 5.69 Å². The van der Waals surface area contributed by atoms with Gasteiger partial charge in [-0.2, -0.15) is 5.21 Å². The third kappa shape index (κ3) is 2.59. The summed E-state index contributed by atoms with van der Waals surface area (Å²) in [5.41, 5.74) is 0.927. The normalized spacial score (nSPS) is 10.0. The largest absolute Gasteiger partial charge is 0.349 e. The molecule has 2 N–H and O–H groups in total. The van der Waals surface area contributed by atoms with E-state index in [1.807, 2.05) is 18.2 Å². The van der Waals surface area contributed by atoms with Gasteiger partial charge in [-0.15, -0.1) is 10.2 Å². The number of aromatic nitrogens is 5. The molecule has 2 rings (SSSR count). The van der Waals surface area contributed by atoms with Crippen LogP contribution < -0.4 is 5.32 Å². The van der Waals surface area contributed by atoms with Gasteiger partial charge in [0.2, 0.25) is 0 Å². The van der Waals surface area contributed by atoms with Gasteiger partial charge in [0.05, 0.1) is 0 Å². The Morgan fingerprint density at radius 2 is 2.38 bits per heavy atom. The predicted octanol–water partition coefficient (Wildman–Crippen LogP) is -0.433. The van der Waals surface area contributed by atoms with E-state index >= 15 is 0 Å². The van der Waals surface area contributed by atoms with E-state index in [4.69, 9.17) is 0 Å². The van der Waals surface area contributed by atoms with E-state index in [0.29, 0.717) is 13.0 Å². The van der Waals surface area contributed by atoms with Crippen molar-refractivity contribution < 1.29 is 4.79 Å². The molecule has 16 heavy (non-hydrogen) atoms. The molecule has 2 heterocycles. The maximum Gasteiger partial charge on any atom is 0.292 e. The highest BCUT2D eigenvalue weighted by Gasteiger charge is 2.09. The minimum atomic E-state index is -0.343. The fourth-order valence-electron chi connectivity index (χ4n) is 1.19. The highest BCUT2D eigenvalue weighted by molar-refractivity contribution is 5.89. The van der Waals surface area contributed by atoms with Crippen LogP contribution in [0.4, 0.5) is 0 Å². The van der Waals surface area contributed by atoms with Crippen molar-refractivity contribution in [2.75, 3.05) is 6.54 Å². The standard InChI is InChI=1S/C9H10N6O/c16-9(8-12-14-15-13-8)11-6-4-7-3-1-2-5-10-7/h1-3,5H,4,6H2,(H,11,16)(H,12,13,14,15). The molecule has 7 nitrogen and oxygen atoms in total. The molecule has 0 saturated heterocycles. The van der Waals surface area contributed by atoms with E-state index in [2.05, 4.69) is 30.9 Å². The highest BCUT2D eigenvalue weighted by atomic mass is 16.2. The second-order valence-electron chi connectivity index (χ2n) is 3.06. The van der Waals surface area contributed by atoms with Gasteiger partial charge in [0.15, 0.2) is 0 Å². The molecule has 0 radical (unpaired) electrons. The molecular formula is C9H10N6O. The molecule has 2 aromatic heterocycles. The average molecular weight is 218 g/mol. The minimum Gasteiger partial charge on any atom is -0.349 e. The monoisotopic (exact) mass is 218 g/mol. The lowest BCUT2D eigenvalue weighted by Crippen LogP contribution is -2.26. The molecule has 0 saturated carbocycles. The number of hydrogen-bond donors (Lipinski definition) is 2. The van der Waals surface area contributed by atoms with Crippen LogP contribution >= 0.6 is 0 Å². The number of pyridine rings is 1. The number of carbonyl (C=O) groups is 1. The lowest BCUT2D eigenvalue weighted by molar-refractivity contribution is 0.0944. The van der Waals surface area contributed by atoms with Crippen LogP contribution in [0.1, 0.15) is 16.3 Å². The molecule has 2 aromatic rings. The number of tetrazole rings is 1. The number of amides is 1. The maximum atomic E-state index is 11.4. The summed E-state index contributed by atoms with van der Waals surface area (Å²) in [6.07, 6.45) is 2.39. The number of H-pyrrole nitrogens is 1. The van der Waals surface area contributed by atoms with Crippen molar-refractivity contribution in [3.05, 3.63) is 35.9 Å². The Labute approximate surface area is 91.3 Å². The van der Waals surface area contributed by atoms with Crippen molar-refractivity contribution in [3.63, 3.8) is 0 Å². The molecule has 82 valence electrons. The molecule has 7 heteroatoms. The van der Waals surface area contributed by atoms with Crippen molar-refractivity contribution in [1.82, 2.24) is 30.9 Å². The molecule has 1 amide bonds. The Hall–Kier alpha value is -2.31. The van der Waals surface area contributed by atoms with E-state index in [1.165, 1.54) is 0 Å². The zero-order chi connectivity index (χ0) is 11.2. The van der Waals surface area contributed by atoms with Crippen LogP contribution in [-0.4, -0.2) is 38.1 Å². The molecule has 0 spiro atoms. The van der Waals surface area contributed by atoms with Gasteiger partial charge < -0.3 is 5.32 Å². The molecule has 0 fully saturated rings. The quantitative estimate of drug-likeness (QED) is 0.725. The first-order valence-electron chi connectivity index (χ1n) is 4.78. The Morgan fingerprint density at radius 1 is 1.44 bits per heavy atom. The minimum absolute atomic E-state index is 0.0426. The maximum absolute atomic E-state index is 11.4. The number of carbonyl (C=O) groups excluding carboxylic acids is 1. The summed E-state index contributed by atoms with van der Waals surface area (Å²) in [5.74, 6) is -0.300. The van der Waals surface area contributed by atoms with Gasteiger partial charge in [-0.05, 0) is 17.3 Å². The van der Waals surface area contributed by atoms with Gasteiger partial charge >= 0.3 is 0 Å². The molecular weight excluding hydrogens is 208 g/mol. The highest BCUT2D eigenvalue weighted by Crippen LogP contribution is 1.93. The zero-order valence-electron chi connectivity index (χ0n) is 8.42. The van der Waals surface area contributed by atoms with Gasteiger partial charge in [0.1, 0.15) is 0 Å². The molecule has 0 aliphatic rings. The van der Waals surface area contributed by atoms with E-state index in [1.54, 1.807) is 6.20 Å². The second kappa shape index (κ2) is 4.96. The SMILES string of the molecule is O=C(NCCc1ccccn1)c1nn[nH]n1. The van der Waals surface area contributed by atoms with Crippen molar-refractivity contribution >= 4 is 5.91 Å². The lowest BCUT2D eigenvalue weighted by Gasteiger charge is -2.01. The van der Waals surface area contributed by atoms with Crippen molar-refractivity contribution in [2.24, 2.45) is 0 Å². The summed E-state index contributed by atoms with van der Waals surface area (Å²) in [7, 11) is 0. The smallest absolute Gasteiger partial charge is 0.292 e. The van der Waals surface area contributed by atoms with Gasteiger partial charge in [0, 0.05) is 24.9 Å². The predicted molar refractivity (Wildman–Crippen MR) is 54.5 cm³/mol. The Kier molecular flexibility index (Phi) is 3.17. The average Bonchev–Trinajstić information content (AvgIpc) is 2.84. The molecule has 0 aromatic carbocycles. The van der Waals surface area contributed by atoms with Gasteiger partial charge in [-0.3, -0.25) is 9.78 Å². The van der Waals surface area contributed by atoms with Gasteiger partial charge in [-0.25, -0.2) is 0 Å². The van der Waals surface area contributed by atoms with Gasteiger partial charge in [0.25, 0.3) is 11.7 Å². The summed E-state index contributed by atoms with van der Waals surface area (Å²) in [4.78, 5) is 15.5. The summed E-state index contributed by atoms with van der Waals surface area (Å²) in [6, 6.07) is 5.66. The Balaban J connectivity index is 1.79. The number of nitrogens with one attached hydrogen (secondary N) is 2. The molecule has 0 atom stereocenters. The third-order valence-electron chi connectivity index (χ3n) is 1.94. The number of rotatable bonds is 4. The van der Waals surface area contributed by atoms with Crippen LogP contribution in [0.5, 0.6) is 0 Å². The summed E-state index contributed by atoms with van der Waals surface area (Å²) in [5, 5.41) is 15.3. The summed E-state index contributed by atoms with van der Waals surface area (Å²) >= 11 is 0. The fraction of sp³-hybridized carbons (Fsp3) is 0.222. The first-order chi connectivity index (χ1) is 7.86. The molecule has 0 aliphatic carbocycles. The molecule has 0 unspecified atom stereocenters. The van der Waals surface area contributed by atoms with Crippen LogP contribution in [0, 0.1) is 0 Å². The summed E-state index contributed by atoms with van der Waals surface area (Å²) < 4.78 is 0. The first-order valence-corrected chi connectivity index (χ1v) is 4.78.